The van der Waals surface area contributed by atoms with Crippen LogP contribution < -0.4 is 21.7 Å². The highest BCUT2D eigenvalue weighted by Crippen LogP contribution is 2.37. The Labute approximate surface area is 263 Å². The van der Waals surface area contributed by atoms with Gasteiger partial charge in [-0.05, 0) is 0 Å². The molecule has 7 N–H and O–H groups in total. The van der Waals surface area contributed by atoms with Crippen LogP contribution in [0.25, 0.3) is 0 Å². The van der Waals surface area contributed by atoms with Crippen molar-refractivity contribution in [2.24, 2.45) is 5.73 Å². The largest absolute Gasteiger partial charge is 0.471 e. The fourth-order valence-electron chi connectivity index (χ4n) is 4.05. The summed E-state index contributed by atoms with van der Waals surface area (Å²) in [6.07, 6.45) is -9.84. The van der Waals surface area contributed by atoms with Crippen LogP contribution in [0.5, 0.6) is 0 Å². The summed E-state index contributed by atoms with van der Waals surface area (Å²) >= 11 is 3.94. The Bertz CT molecular complexity index is 912. The second kappa shape index (κ2) is 20.4. The Morgan fingerprint density at radius 2 is 1.47 bits per heavy atom. The number of hydrogen-bond donors (Lipinski definition) is 7. The van der Waals surface area contributed by atoms with E-state index in [2.05, 4.69) is 23.3 Å². The van der Waals surface area contributed by atoms with E-state index in [9.17, 15) is 37.8 Å². The van der Waals surface area contributed by atoms with Gasteiger partial charge >= 0.3 is 12.1 Å². The van der Waals surface area contributed by atoms with E-state index in [0.717, 1.165) is 0 Å². The van der Waals surface area contributed by atoms with Gasteiger partial charge in [0, 0.05) is 25.3 Å². The lowest BCUT2D eigenvalue weighted by Crippen LogP contribution is -2.67. The highest BCUT2D eigenvalue weighted by Gasteiger charge is 2.60. The Kier molecular flexibility index (Phi) is 17.8. The van der Waals surface area contributed by atoms with Gasteiger partial charge < -0.3 is 65.1 Å². The Balaban J connectivity index is 1.39. The summed E-state index contributed by atoms with van der Waals surface area (Å²) < 4.78 is 75.3. The lowest BCUT2D eigenvalue weighted by atomic mass is 9.88. The predicted octanol–water partition coefficient (Wildman–Crippen LogP) is -3.16. The van der Waals surface area contributed by atoms with Crippen molar-refractivity contribution in [3.8, 4) is 0 Å². The monoisotopic (exact) mass is 680 g/mol. The topological polar surface area (TPSA) is 218 Å². The Morgan fingerprint density at radius 1 is 0.911 bits per heavy atom. The van der Waals surface area contributed by atoms with Crippen LogP contribution in [0.4, 0.5) is 13.2 Å². The van der Waals surface area contributed by atoms with Crippen LogP contribution >= 0.6 is 12.6 Å². The molecule has 2 fully saturated rings. The molecule has 3 amide bonds. The van der Waals surface area contributed by atoms with Crippen LogP contribution in [0, 0.1) is 0 Å². The van der Waals surface area contributed by atoms with Gasteiger partial charge in [-0.2, -0.15) is 25.8 Å². The van der Waals surface area contributed by atoms with E-state index in [1.165, 1.54) is 0 Å². The highest BCUT2D eigenvalue weighted by atomic mass is 32.1. The van der Waals surface area contributed by atoms with Crippen LogP contribution in [0.1, 0.15) is 6.42 Å². The van der Waals surface area contributed by atoms with E-state index < -0.39 is 48.3 Å². The van der Waals surface area contributed by atoms with E-state index in [1.807, 2.05) is 0 Å². The standard InChI is InChI=1S/C25H43F3N4O12S/c26-25(27,28)23(37)32-18-19(34)20(35)24(15-43-22(18)44-24)14-42-12-11-41-10-9-40-8-7-39-5-2-30-17(33)1-4-38-6-3-31-21(36)16(29)13-45/h16,18-20,22,34-35,45H,1-15,29H2,(H,30,33)(H,31,36)(H,32,37)/t16?,18-,19+,20+,22+,24-/m0/s1. The van der Waals surface area contributed by atoms with Crippen molar-refractivity contribution in [3.63, 3.8) is 0 Å². The minimum Gasteiger partial charge on any atom is -0.388 e. The molecule has 0 spiro atoms. The Hall–Kier alpha value is -1.85. The molecule has 2 aliphatic rings. The Morgan fingerprint density at radius 3 is 2.07 bits per heavy atom. The molecular formula is C25H43F3N4O12S. The number of alkyl halides is 3. The van der Waals surface area contributed by atoms with E-state index in [0.29, 0.717) is 26.4 Å². The van der Waals surface area contributed by atoms with Crippen LogP contribution in [0.15, 0.2) is 0 Å². The number of fused-ring (bicyclic) bond motifs is 2. The fourth-order valence-corrected chi connectivity index (χ4v) is 4.22. The SMILES string of the molecule is NC(CS)C(=O)NCCOCCC(=O)NCCOCCOCCOCCOC[C@@]12CO[C@H](O1)[C@@H](NC(=O)C(F)(F)F)[C@@H](O)[C@H]2O. The maximum Gasteiger partial charge on any atom is 0.471 e. The molecule has 2 saturated heterocycles. The quantitative estimate of drug-likeness (QED) is 0.0420. The number of hydrogen-bond acceptors (Lipinski definition) is 14. The van der Waals surface area contributed by atoms with Crippen molar-refractivity contribution < 1.29 is 70.9 Å². The summed E-state index contributed by atoms with van der Waals surface area (Å²) in [5.74, 6) is -2.55. The molecule has 6 atom stereocenters. The van der Waals surface area contributed by atoms with Crippen LogP contribution in [-0.2, 0) is 47.5 Å². The normalized spacial score (nSPS) is 25.1. The van der Waals surface area contributed by atoms with E-state index >= 15 is 0 Å². The van der Waals surface area contributed by atoms with Crippen LogP contribution in [-0.4, -0.2) is 162 Å². The molecule has 0 aromatic heterocycles. The summed E-state index contributed by atoms with van der Waals surface area (Å²) in [6.45, 7) is 2.28. The van der Waals surface area contributed by atoms with Crippen molar-refractivity contribution in [1.82, 2.24) is 16.0 Å². The number of thiol groups is 1. The van der Waals surface area contributed by atoms with Gasteiger partial charge in [-0.1, -0.05) is 0 Å². The molecule has 0 radical (unpaired) electrons. The number of rotatable bonds is 23. The number of ether oxygens (including phenoxy) is 7. The first-order valence-electron chi connectivity index (χ1n) is 14.2. The number of nitrogens with two attached hydrogens (primary N) is 1. The second-order valence-corrected chi connectivity index (χ2v) is 10.3. The van der Waals surface area contributed by atoms with Gasteiger partial charge in [0.05, 0.1) is 78.7 Å². The third-order valence-electron chi connectivity index (χ3n) is 6.51. The molecule has 2 aliphatic heterocycles. The maximum atomic E-state index is 12.6. The number of nitrogens with one attached hydrogen (secondary N) is 3. The minimum absolute atomic E-state index is 0.0812. The molecule has 2 rings (SSSR count). The third kappa shape index (κ3) is 13.8. The molecule has 2 heterocycles. The smallest absolute Gasteiger partial charge is 0.388 e. The summed E-state index contributed by atoms with van der Waals surface area (Å²) in [6, 6.07) is -2.28. The molecule has 0 aromatic carbocycles. The molecule has 0 saturated carbocycles. The van der Waals surface area contributed by atoms with Crippen LogP contribution in [0.3, 0.4) is 0 Å². The van der Waals surface area contributed by atoms with Gasteiger partial charge in [0.1, 0.15) is 23.9 Å². The average molecular weight is 681 g/mol. The van der Waals surface area contributed by atoms with E-state index in [1.54, 1.807) is 5.32 Å². The van der Waals surface area contributed by atoms with Gasteiger partial charge in [0.2, 0.25) is 11.8 Å². The highest BCUT2D eigenvalue weighted by molar-refractivity contribution is 7.80. The maximum absolute atomic E-state index is 12.6. The molecule has 0 aliphatic carbocycles. The molecule has 0 aromatic rings. The molecule has 1 unspecified atom stereocenters. The summed E-state index contributed by atoms with van der Waals surface area (Å²) in [7, 11) is 0. The molecule has 262 valence electrons. The zero-order chi connectivity index (χ0) is 33.3. The summed E-state index contributed by atoms with van der Waals surface area (Å²) in [5, 5.41) is 27.6. The number of amides is 3. The fraction of sp³-hybridized carbons (Fsp3) is 0.880. The van der Waals surface area contributed by atoms with E-state index in [4.69, 9.17) is 38.9 Å². The molecule has 16 nitrogen and oxygen atoms in total. The number of halogens is 3. The van der Waals surface area contributed by atoms with Gasteiger partial charge in [-0.25, -0.2) is 0 Å². The molecular weight excluding hydrogens is 637 g/mol. The average Bonchev–Trinajstić information content (AvgIpc) is 3.41. The van der Waals surface area contributed by atoms with Crippen molar-refractivity contribution in [2.75, 3.05) is 91.5 Å². The van der Waals surface area contributed by atoms with Crippen molar-refractivity contribution in [3.05, 3.63) is 0 Å². The number of aliphatic hydroxyl groups is 2. The van der Waals surface area contributed by atoms with Crippen molar-refractivity contribution in [2.45, 2.75) is 48.8 Å². The van der Waals surface area contributed by atoms with Gasteiger partial charge in [0.15, 0.2) is 6.29 Å². The number of carbonyl (C=O) groups excluding carboxylic acids is 3. The zero-order valence-electron chi connectivity index (χ0n) is 24.6. The summed E-state index contributed by atoms with van der Waals surface area (Å²) in [5.41, 5.74) is 4.01. The summed E-state index contributed by atoms with van der Waals surface area (Å²) in [4.78, 5) is 34.4. The first-order valence-corrected chi connectivity index (χ1v) is 14.9. The van der Waals surface area contributed by atoms with Crippen molar-refractivity contribution in [1.29, 1.82) is 0 Å². The van der Waals surface area contributed by atoms with E-state index in [-0.39, 0.29) is 83.4 Å². The number of carbonyl (C=O) groups is 3. The lowest BCUT2D eigenvalue weighted by molar-refractivity contribution is -0.240. The first-order chi connectivity index (χ1) is 21.4. The van der Waals surface area contributed by atoms with Gasteiger partial charge in [-0.15, -0.1) is 0 Å². The third-order valence-corrected chi connectivity index (χ3v) is 6.90. The van der Waals surface area contributed by atoms with Gasteiger partial charge in [0.25, 0.3) is 0 Å². The van der Waals surface area contributed by atoms with Crippen molar-refractivity contribution >= 4 is 30.4 Å². The lowest BCUT2D eigenvalue weighted by Gasteiger charge is -2.42. The second-order valence-electron chi connectivity index (χ2n) is 9.98. The molecule has 45 heavy (non-hydrogen) atoms. The molecule has 2 bridgehead atoms. The predicted molar refractivity (Wildman–Crippen MR) is 150 cm³/mol. The minimum atomic E-state index is -5.18. The first kappa shape index (κ1) is 39.3. The van der Waals surface area contributed by atoms with Gasteiger partial charge in [-0.3, -0.25) is 14.4 Å². The molecule has 20 heteroatoms. The zero-order valence-corrected chi connectivity index (χ0v) is 25.5. The number of aliphatic hydroxyl groups excluding tert-OH is 2. The van der Waals surface area contributed by atoms with Crippen LogP contribution in [0.2, 0.25) is 0 Å².